The zero-order valence-electron chi connectivity index (χ0n) is 20.8. The van der Waals surface area contributed by atoms with E-state index in [1.807, 2.05) is 10.6 Å². The number of rotatable bonds is 11. The molecule has 3 aromatic rings. The molecule has 0 saturated heterocycles. The number of hydrogen-bond acceptors (Lipinski definition) is 10. The molecule has 0 unspecified atom stereocenters. The van der Waals surface area contributed by atoms with E-state index in [0.717, 1.165) is 5.56 Å². The SMILES string of the molecule is C=CCn1c(SCC(=O)Nc2cc(C(=O)OC)cc(C(=O)OC)c2)nnc1-c1ccc(OC)c(OC)c1. The number of carbonyl (C=O) groups is 3. The fourth-order valence-corrected chi connectivity index (χ4v) is 4.12. The van der Waals surface area contributed by atoms with Gasteiger partial charge in [0, 0.05) is 17.8 Å². The molecule has 0 spiro atoms. The van der Waals surface area contributed by atoms with Gasteiger partial charge in [-0.05, 0) is 36.4 Å². The van der Waals surface area contributed by atoms with E-state index in [1.54, 1.807) is 32.4 Å². The Balaban J connectivity index is 1.79. The Hall–Kier alpha value is -4.32. The number of thioether (sulfide) groups is 1. The summed E-state index contributed by atoms with van der Waals surface area (Å²) in [6.45, 7) is 4.20. The molecule has 0 fully saturated rings. The highest BCUT2D eigenvalue weighted by molar-refractivity contribution is 7.99. The minimum Gasteiger partial charge on any atom is -0.493 e. The maximum absolute atomic E-state index is 12.7. The minimum atomic E-state index is -0.657. The molecule has 0 aliphatic carbocycles. The molecule has 11 nitrogen and oxygen atoms in total. The molecule has 37 heavy (non-hydrogen) atoms. The van der Waals surface area contributed by atoms with Crippen molar-refractivity contribution in [2.45, 2.75) is 11.7 Å². The number of aromatic nitrogens is 3. The van der Waals surface area contributed by atoms with Gasteiger partial charge in [-0.1, -0.05) is 17.8 Å². The van der Waals surface area contributed by atoms with Gasteiger partial charge in [-0.25, -0.2) is 9.59 Å². The van der Waals surface area contributed by atoms with Crippen LogP contribution in [-0.2, 0) is 20.8 Å². The van der Waals surface area contributed by atoms with Crippen LogP contribution in [0.2, 0.25) is 0 Å². The van der Waals surface area contributed by atoms with Crippen molar-refractivity contribution in [2.75, 3.05) is 39.5 Å². The van der Waals surface area contributed by atoms with Gasteiger partial charge < -0.3 is 24.3 Å². The molecule has 0 bridgehead atoms. The summed E-state index contributed by atoms with van der Waals surface area (Å²) in [6, 6.07) is 9.55. The van der Waals surface area contributed by atoms with E-state index in [2.05, 4.69) is 22.1 Å². The van der Waals surface area contributed by atoms with Crippen LogP contribution in [0.1, 0.15) is 20.7 Å². The summed E-state index contributed by atoms with van der Waals surface area (Å²) >= 11 is 1.17. The number of methoxy groups -OCH3 is 4. The second kappa shape index (κ2) is 12.6. The topological polar surface area (TPSA) is 131 Å². The van der Waals surface area contributed by atoms with Crippen molar-refractivity contribution >= 4 is 35.3 Å². The monoisotopic (exact) mass is 526 g/mol. The predicted octanol–water partition coefficient (Wildman–Crippen LogP) is 3.45. The Morgan fingerprint density at radius 3 is 2.16 bits per heavy atom. The van der Waals surface area contributed by atoms with Gasteiger partial charge >= 0.3 is 11.9 Å². The van der Waals surface area contributed by atoms with E-state index < -0.39 is 11.9 Å². The minimum absolute atomic E-state index is 0.0166. The normalized spacial score (nSPS) is 10.4. The van der Waals surface area contributed by atoms with Gasteiger partial charge in [0.2, 0.25) is 5.91 Å². The van der Waals surface area contributed by atoms with Crippen LogP contribution in [0.25, 0.3) is 11.4 Å². The Bertz CT molecular complexity index is 1290. The molecule has 3 rings (SSSR count). The zero-order valence-corrected chi connectivity index (χ0v) is 21.6. The van der Waals surface area contributed by atoms with Crippen LogP contribution in [0.4, 0.5) is 5.69 Å². The van der Waals surface area contributed by atoms with Crippen molar-refractivity contribution in [3.05, 3.63) is 60.2 Å². The molecule has 1 amide bonds. The predicted molar refractivity (Wildman–Crippen MR) is 137 cm³/mol. The summed E-state index contributed by atoms with van der Waals surface area (Å²) in [7, 11) is 5.54. The molecule has 2 aromatic carbocycles. The van der Waals surface area contributed by atoms with E-state index in [9.17, 15) is 14.4 Å². The lowest BCUT2D eigenvalue weighted by molar-refractivity contribution is -0.113. The van der Waals surface area contributed by atoms with Crippen molar-refractivity contribution < 1.29 is 33.3 Å². The molecular formula is C25H26N4O7S. The molecule has 1 aromatic heterocycles. The molecule has 0 saturated carbocycles. The van der Waals surface area contributed by atoms with Crippen LogP contribution in [0.3, 0.4) is 0 Å². The van der Waals surface area contributed by atoms with E-state index in [1.165, 1.54) is 44.2 Å². The number of esters is 2. The van der Waals surface area contributed by atoms with Gasteiger partial charge in [-0.3, -0.25) is 9.36 Å². The first-order valence-corrected chi connectivity index (χ1v) is 11.8. The van der Waals surface area contributed by atoms with Crippen LogP contribution in [0.5, 0.6) is 11.5 Å². The van der Waals surface area contributed by atoms with E-state index in [4.69, 9.17) is 18.9 Å². The number of carbonyl (C=O) groups excluding carboxylic acids is 3. The molecule has 0 aliphatic heterocycles. The first-order chi connectivity index (χ1) is 17.8. The smallest absolute Gasteiger partial charge is 0.337 e. The van der Waals surface area contributed by atoms with Crippen LogP contribution in [0, 0.1) is 0 Å². The lowest BCUT2D eigenvalue weighted by atomic mass is 10.1. The number of benzene rings is 2. The number of anilines is 1. The highest BCUT2D eigenvalue weighted by Gasteiger charge is 2.18. The van der Waals surface area contributed by atoms with Crippen LogP contribution in [0.15, 0.2) is 54.2 Å². The summed E-state index contributed by atoms with van der Waals surface area (Å²) in [4.78, 5) is 36.7. The van der Waals surface area contributed by atoms with Crippen molar-refractivity contribution in [1.82, 2.24) is 14.8 Å². The Kier molecular flexibility index (Phi) is 9.27. The summed E-state index contributed by atoms with van der Waals surface area (Å²) < 4.78 is 21.9. The van der Waals surface area contributed by atoms with Gasteiger partial charge in [-0.2, -0.15) is 0 Å². The number of amides is 1. The second-order valence-corrected chi connectivity index (χ2v) is 8.34. The first kappa shape index (κ1) is 27.3. The standard InChI is InChI=1S/C25H26N4O7S/c1-6-9-29-22(15-7-8-19(33-2)20(13-15)34-3)27-28-25(29)37-14-21(30)26-18-11-16(23(31)35-4)10-17(12-18)24(32)36-5/h6-8,10-13H,1,9,14H2,2-5H3,(H,26,30). The zero-order chi connectivity index (χ0) is 26.9. The number of hydrogen-bond donors (Lipinski definition) is 1. The van der Waals surface area contributed by atoms with Gasteiger partial charge in [0.25, 0.3) is 0 Å². The van der Waals surface area contributed by atoms with Crippen LogP contribution in [-0.4, -0.2) is 66.8 Å². The lowest BCUT2D eigenvalue weighted by Gasteiger charge is -2.11. The van der Waals surface area contributed by atoms with Crippen molar-refractivity contribution in [3.8, 4) is 22.9 Å². The van der Waals surface area contributed by atoms with E-state index >= 15 is 0 Å². The van der Waals surface area contributed by atoms with Crippen molar-refractivity contribution in [2.24, 2.45) is 0 Å². The highest BCUT2D eigenvalue weighted by Crippen LogP contribution is 2.33. The molecule has 194 valence electrons. The van der Waals surface area contributed by atoms with Crippen LogP contribution >= 0.6 is 11.8 Å². The van der Waals surface area contributed by atoms with Gasteiger partial charge in [0.1, 0.15) is 0 Å². The summed E-state index contributed by atoms with van der Waals surface area (Å²) in [5, 5.41) is 11.7. The van der Waals surface area contributed by atoms with Gasteiger partial charge in [-0.15, -0.1) is 16.8 Å². The lowest BCUT2D eigenvalue weighted by Crippen LogP contribution is -2.16. The molecule has 1 heterocycles. The third-order valence-corrected chi connectivity index (χ3v) is 6.03. The average Bonchev–Trinajstić information content (AvgIpc) is 3.32. The molecule has 1 N–H and O–H groups in total. The Labute approximate surface area is 217 Å². The molecular weight excluding hydrogens is 500 g/mol. The summed E-state index contributed by atoms with van der Waals surface area (Å²) in [6.07, 6.45) is 1.70. The van der Waals surface area contributed by atoms with Gasteiger partial charge in [0.15, 0.2) is 22.5 Å². The molecule has 0 radical (unpaired) electrons. The fraction of sp³-hybridized carbons (Fsp3) is 0.240. The van der Waals surface area contributed by atoms with Crippen LogP contribution < -0.4 is 14.8 Å². The Morgan fingerprint density at radius 1 is 0.946 bits per heavy atom. The van der Waals surface area contributed by atoms with Gasteiger partial charge in [0.05, 0.1) is 45.3 Å². The second-order valence-electron chi connectivity index (χ2n) is 7.39. The summed E-state index contributed by atoms with van der Waals surface area (Å²) in [5.41, 5.74) is 1.18. The largest absolute Gasteiger partial charge is 0.493 e. The Morgan fingerprint density at radius 2 is 1.59 bits per heavy atom. The van der Waals surface area contributed by atoms with E-state index in [-0.39, 0.29) is 28.5 Å². The maximum Gasteiger partial charge on any atom is 0.337 e. The molecule has 12 heteroatoms. The van der Waals surface area contributed by atoms with Crippen molar-refractivity contribution in [1.29, 1.82) is 0 Å². The third-order valence-electron chi connectivity index (χ3n) is 5.06. The number of allylic oxidation sites excluding steroid dienone is 1. The number of ether oxygens (including phenoxy) is 4. The van der Waals surface area contributed by atoms with Crippen molar-refractivity contribution in [3.63, 3.8) is 0 Å². The maximum atomic E-state index is 12.7. The van der Waals surface area contributed by atoms with E-state index in [0.29, 0.717) is 29.0 Å². The average molecular weight is 527 g/mol. The summed E-state index contributed by atoms with van der Waals surface area (Å²) in [5.74, 6) is -0.0224. The molecule has 0 aliphatic rings. The third kappa shape index (κ3) is 6.47. The fourth-order valence-electron chi connectivity index (χ4n) is 3.38. The molecule has 0 atom stereocenters. The quantitative estimate of drug-likeness (QED) is 0.225. The first-order valence-electron chi connectivity index (χ1n) is 10.9. The highest BCUT2D eigenvalue weighted by atomic mass is 32.2. The number of nitrogens with zero attached hydrogens (tertiary/aromatic N) is 3. The number of nitrogens with one attached hydrogen (secondary N) is 1.